The molecule has 1 aromatic rings. The van der Waals surface area contributed by atoms with Gasteiger partial charge in [-0.05, 0) is 31.0 Å². The van der Waals surface area contributed by atoms with Crippen molar-refractivity contribution in [1.82, 2.24) is 10.6 Å². The van der Waals surface area contributed by atoms with E-state index < -0.39 is 17.9 Å². The Morgan fingerprint density at radius 1 is 1.52 bits per heavy atom. The lowest BCUT2D eigenvalue weighted by molar-refractivity contribution is 0.145. The third-order valence-corrected chi connectivity index (χ3v) is 3.10. The number of hydrogen-bond donors (Lipinski definition) is 3. The summed E-state index contributed by atoms with van der Waals surface area (Å²) in [7, 11) is 0. The van der Waals surface area contributed by atoms with E-state index in [9.17, 15) is 14.3 Å². The summed E-state index contributed by atoms with van der Waals surface area (Å²) in [5, 5.41) is 14.5. The summed E-state index contributed by atoms with van der Waals surface area (Å²) < 4.78 is 18.5. The zero-order valence-corrected chi connectivity index (χ0v) is 12.6. The molecule has 1 unspecified atom stereocenters. The van der Waals surface area contributed by atoms with Gasteiger partial charge < -0.3 is 20.5 Å². The van der Waals surface area contributed by atoms with Crippen molar-refractivity contribution in [3.05, 3.63) is 34.6 Å². The van der Waals surface area contributed by atoms with Crippen LogP contribution in [0.5, 0.6) is 0 Å². The number of amides is 2. The zero-order chi connectivity index (χ0) is 15.7. The molecule has 0 saturated heterocycles. The molecular formula is C14H20ClFN2O3. The van der Waals surface area contributed by atoms with Gasteiger partial charge in [-0.3, -0.25) is 0 Å². The van der Waals surface area contributed by atoms with E-state index in [0.29, 0.717) is 31.7 Å². The average Bonchev–Trinajstić information content (AvgIpc) is 2.47. The largest absolute Gasteiger partial charge is 0.394 e. The number of ether oxygens (including phenoxy) is 1. The summed E-state index contributed by atoms with van der Waals surface area (Å²) >= 11 is 5.60. The highest BCUT2D eigenvalue weighted by atomic mass is 35.5. The fourth-order valence-corrected chi connectivity index (χ4v) is 1.81. The van der Waals surface area contributed by atoms with E-state index in [2.05, 4.69) is 10.6 Å². The molecule has 2 amide bonds. The summed E-state index contributed by atoms with van der Waals surface area (Å²) in [4.78, 5) is 11.7. The van der Waals surface area contributed by atoms with Gasteiger partial charge in [0.1, 0.15) is 5.82 Å². The molecule has 0 saturated carbocycles. The standard InChI is InChI=1S/C14H20ClFN2O3/c1-2-21-7-3-6-17-14(20)18-13(9-19)10-4-5-11(15)12(16)8-10/h4-5,8,13,19H,2-3,6-7,9H2,1H3,(H2,17,18,20). The minimum absolute atomic E-state index is 0.00387. The maximum atomic E-state index is 13.4. The molecule has 0 aromatic heterocycles. The highest BCUT2D eigenvalue weighted by Gasteiger charge is 2.14. The minimum Gasteiger partial charge on any atom is -0.394 e. The van der Waals surface area contributed by atoms with E-state index >= 15 is 0 Å². The van der Waals surface area contributed by atoms with Gasteiger partial charge in [0.2, 0.25) is 0 Å². The number of urea groups is 1. The molecule has 5 nitrogen and oxygen atoms in total. The van der Waals surface area contributed by atoms with Gasteiger partial charge in [-0.15, -0.1) is 0 Å². The van der Waals surface area contributed by atoms with Crippen LogP contribution in [0.1, 0.15) is 24.9 Å². The Bertz CT molecular complexity index is 460. The third-order valence-electron chi connectivity index (χ3n) is 2.79. The van der Waals surface area contributed by atoms with Gasteiger partial charge in [0.15, 0.2) is 0 Å². The molecular weight excluding hydrogens is 299 g/mol. The number of aliphatic hydroxyl groups excluding tert-OH is 1. The Kier molecular flexibility index (Phi) is 8.04. The number of hydrogen-bond acceptors (Lipinski definition) is 3. The van der Waals surface area contributed by atoms with Crippen LogP contribution in [0.3, 0.4) is 0 Å². The van der Waals surface area contributed by atoms with E-state index in [-0.39, 0.29) is 11.6 Å². The molecule has 0 heterocycles. The van der Waals surface area contributed by atoms with E-state index in [0.717, 1.165) is 0 Å². The summed E-state index contributed by atoms with van der Waals surface area (Å²) in [5.41, 5.74) is 0.448. The Balaban J connectivity index is 2.45. The fourth-order valence-electron chi connectivity index (χ4n) is 1.69. The molecule has 1 atom stereocenters. The lowest BCUT2D eigenvalue weighted by Crippen LogP contribution is -2.39. The summed E-state index contributed by atoms with van der Waals surface area (Å²) in [6.45, 7) is 3.23. The van der Waals surface area contributed by atoms with Crippen LogP contribution in [-0.4, -0.2) is 37.5 Å². The van der Waals surface area contributed by atoms with E-state index in [1.165, 1.54) is 12.1 Å². The quantitative estimate of drug-likeness (QED) is 0.644. The van der Waals surface area contributed by atoms with Gasteiger partial charge >= 0.3 is 6.03 Å². The maximum absolute atomic E-state index is 13.4. The molecule has 1 rings (SSSR count). The monoisotopic (exact) mass is 318 g/mol. The minimum atomic E-state index is -0.691. The fraction of sp³-hybridized carbons (Fsp3) is 0.500. The maximum Gasteiger partial charge on any atom is 0.315 e. The van der Waals surface area contributed by atoms with Crippen molar-refractivity contribution in [3.8, 4) is 0 Å². The van der Waals surface area contributed by atoms with Crippen LogP contribution < -0.4 is 10.6 Å². The molecule has 0 aliphatic rings. The first-order valence-corrected chi connectivity index (χ1v) is 7.14. The number of halogens is 2. The third kappa shape index (κ3) is 6.29. The van der Waals surface area contributed by atoms with Crippen molar-refractivity contribution in [2.45, 2.75) is 19.4 Å². The molecule has 3 N–H and O–H groups in total. The van der Waals surface area contributed by atoms with E-state index in [1.54, 1.807) is 6.07 Å². The van der Waals surface area contributed by atoms with Gasteiger partial charge in [0.25, 0.3) is 0 Å². The molecule has 7 heteroatoms. The van der Waals surface area contributed by atoms with E-state index in [1.807, 2.05) is 6.92 Å². The first-order valence-electron chi connectivity index (χ1n) is 6.76. The molecule has 21 heavy (non-hydrogen) atoms. The van der Waals surface area contributed by atoms with Crippen molar-refractivity contribution in [2.24, 2.45) is 0 Å². The van der Waals surface area contributed by atoms with Crippen molar-refractivity contribution >= 4 is 17.6 Å². The van der Waals surface area contributed by atoms with Crippen LogP contribution in [0.15, 0.2) is 18.2 Å². The van der Waals surface area contributed by atoms with Gasteiger partial charge in [0, 0.05) is 19.8 Å². The zero-order valence-electron chi connectivity index (χ0n) is 11.9. The number of carbonyl (C=O) groups excluding carboxylic acids is 1. The average molecular weight is 319 g/mol. The van der Waals surface area contributed by atoms with Crippen molar-refractivity contribution in [3.63, 3.8) is 0 Å². The molecule has 0 fully saturated rings. The van der Waals surface area contributed by atoms with Gasteiger partial charge in [-0.2, -0.15) is 0 Å². The predicted molar refractivity (Wildman–Crippen MR) is 78.9 cm³/mol. The normalized spacial score (nSPS) is 12.0. The lowest BCUT2D eigenvalue weighted by Gasteiger charge is -2.17. The number of benzene rings is 1. The van der Waals surface area contributed by atoms with Crippen LogP contribution in [-0.2, 0) is 4.74 Å². The predicted octanol–water partition coefficient (Wildman–Crippen LogP) is 2.24. The highest BCUT2D eigenvalue weighted by molar-refractivity contribution is 6.30. The second-order valence-corrected chi connectivity index (χ2v) is 4.77. The van der Waals surface area contributed by atoms with Crippen molar-refractivity contribution in [2.75, 3.05) is 26.4 Å². The van der Waals surface area contributed by atoms with Crippen molar-refractivity contribution < 1.29 is 19.0 Å². The Morgan fingerprint density at radius 3 is 2.90 bits per heavy atom. The Morgan fingerprint density at radius 2 is 2.29 bits per heavy atom. The second kappa shape index (κ2) is 9.55. The SMILES string of the molecule is CCOCCCNC(=O)NC(CO)c1ccc(Cl)c(F)c1. The molecule has 0 aliphatic heterocycles. The summed E-state index contributed by atoms with van der Waals surface area (Å²) in [6.07, 6.45) is 0.695. The Labute approximate surface area is 128 Å². The second-order valence-electron chi connectivity index (χ2n) is 4.36. The smallest absolute Gasteiger partial charge is 0.315 e. The summed E-state index contributed by atoms with van der Waals surface area (Å²) in [6, 6.07) is 3.01. The number of aliphatic hydroxyl groups is 1. The van der Waals surface area contributed by atoms with E-state index in [4.69, 9.17) is 16.3 Å². The van der Waals surface area contributed by atoms with Gasteiger partial charge in [-0.25, -0.2) is 9.18 Å². The summed E-state index contributed by atoms with van der Waals surface area (Å²) in [5.74, 6) is -0.591. The molecule has 0 radical (unpaired) electrons. The van der Waals surface area contributed by atoms with Gasteiger partial charge in [0.05, 0.1) is 17.7 Å². The van der Waals surface area contributed by atoms with Crippen LogP contribution in [0.25, 0.3) is 0 Å². The van der Waals surface area contributed by atoms with Crippen LogP contribution >= 0.6 is 11.6 Å². The van der Waals surface area contributed by atoms with Crippen LogP contribution in [0.4, 0.5) is 9.18 Å². The topological polar surface area (TPSA) is 70.6 Å². The van der Waals surface area contributed by atoms with Crippen LogP contribution in [0.2, 0.25) is 5.02 Å². The first kappa shape index (κ1) is 17.7. The number of rotatable bonds is 8. The molecule has 0 bridgehead atoms. The van der Waals surface area contributed by atoms with Gasteiger partial charge in [-0.1, -0.05) is 17.7 Å². The Hall–Kier alpha value is -1.37. The molecule has 0 aliphatic carbocycles. The number of carbonyl (C=O) groups is 1. The lowest BCUT2D eigenvalue weighted by atomic mass is 10.1. The number of nitrogens with one attached hydrogen (secondary N) is 2. The first-order chi connectivity index (χ1) is 10.1. The molecule has 0 spiro atoms. The van der Waals surface area contributed by atoms with Crippen LogP contribution in [0, 0.1) is 5.82 Å². The molecule has 118 valence electrons. The highest BCUT2D eigenvalue weighted by Crippen LogP contribution is 2.20. The molecule has 1 aromatic carbocycles. The van der Waals surface area contributed by atoms with Crippen molar-refractivity contribution in [1.29, 1.82) is 0 Å².